The second kappa shape index (κ2) is 8.89. The van der Waals surface area contributed by atoms with Gasteiger partial charge < -0.3 is 10.2 Å². The van der Waals surface area contributed by atoms with Crippen LogP contribution in [0.4, 0.5) is 5.82 Å². The smallest absolute Gasteiger partial charge is 0.272 e. The van der Waals surface area contributed by atoms with Crippen molar-refractivity contribution < 1.29 is 4.79 Å². The molecule has 2 heterocycles. The summed E-state index contributed by atoms with van der Waals surface area (Å²) >= 11 is 0. The molecule has 3 rings (SSSR count). The van der Waals surface area contributed by atoms with Crippen molar-refractivity contribution >= 4 is 11.7 Å². The summed E-state index contributed by atoms with van der Waals surface area (Å²) in [6.07, 6.45) is 3.53. The van der Waals surface area contributed by atoms with Gasteiger partial charge in [-0.3, -0.25) is 9.78 Å². The number of rotatable bonds is 7. The van der Waals surface area contributed by atoms with Crippen molar-refractivity contribution in [2.45, 2.75) is 26.9 Å². The summed E-state index contributed by atoms with van der Waals surface area (Å²) in [5.74, 6) is 1.09. The van der Waals surface area contributed by atoms with Crippen molar-refractivity contribution in [1.29, 1.82) is 0 Å². The first-order valence-corrected chi connectivity index (χ1v) is 8.97. The van der Waals surface area contributed by atoms with E-state index >= 15 is 0 Å². The Morgan fingerprint density at radius 3 is 2.56 bits per heavy atom. The molecule has 0 spiro atoms. The van der Waals surface area contributed by atoms with E-state index < -0.39 is 0 Å². The molecule has 1 aromatic carbocycles. The third-order valence-electron chi connectivity index (χ3n) is 4.14. The van der Waals surface area contributed by atoms with Crippen LogP contribution >= 0.6 is 0 Å². The number of anilines is 1. The lowest BCUT2D eigenvalue weighted by Crippen LogP contribution is -2.31. The number of nitrogens with zero attached hydrogens (tertiary/aromatic N) is 4. The maximum atomic E-state index is 13.0. The first kappa shape index (κ1) is 18.5. The van der Waals surface area contributed by atoms with Gasteiger partial charge in [0.15, 0.2) is 0 Å². The Hall–Kier alpha value is -3.28. The number of hydrogen-bond acceptors (Lipinski definition) is 5. The number of nitrogens with one attached hydrogen (secondary N) is 1. The Morgan fingerprint density at radius 2 is 1.85 bits per heavy atom. The highest BCUT2D eigenvalue weighted by Crippen LogP contribution is 2.13. The molecular formula is C21H23N5O. The molecule has 2 aromatic heterocycles. The van der Waals surface area contributed by atoms with Crippen LogP contribution in [-0.2, 0) is 13.1 Å². The fraction of sp³-hybridized carbons (Fsp3) is 0.238. The molecule has 27 heavy (non-hydrogen) atoms. The molecule has 0 aliphatic heterocycles. The van der Waals surface area contributed by atoms with Crippen LogP contribution in [0.3, 0.4) is 0 Å². The van der Waals surface area contributed by atoms with E-state index in [1.165, 1.54) is 0 Å². The number of benzene rings is 1. The lowest BCUT2D eigenvalue weighted by atomic mass is 10.2. The summed E-state index contributed by atoms with van der Waals surface area (Å²) in [6.45, 7) is 5.50. The van der Waals surface area contributed by atoms with E-state index in [9.17, 15) is 4.79 Å². The van der Waals surface area contributed by atoms with Gasteiger partial charge in [-0.25, -0.2) is 9.97 Å². The van der Waals surface area contributed by atoms with Gasteiger partial charge >= 0.3 is 0 Å². The largest absolute Gasteiger partial charge is 0.366 e. The van der Waals surface area contributed by atoms with Crippen molar-refractivity contribution in [2.75, 3.05) is 11.9 Å². The average Bonchev–Trinajstić information content (AvgIpc) is 2.71. The predicted octanol–water partition coefficient (Wildman–Crippen LogP) is 3.45. The van der Waals surface area contributed by atoms with Crippen molar-refractivity contribution in [3.63, 3.8) is 0 Å². The number of hydrogen-bond donors (Lipinski definition) is 1. The van der Waals surface area contributed by atoms with Crippen LogP contribution in [-0.4, -0.2) is 32.3 Å². The maximum absolute atomic E-state index is 13.0. The lowest BCUT2D eigenvalue weighted by Gasteiger charge is -2.21. The molecule has 1 amide bonds. The molecular weight excluding hydrogens is 338 g/mol. The summed E-state index contributed by atoms with van der Waals surface area (Å²) in [5.41, 5.74) is 2.53. The van der Waals surface area contributed by atoms with Gasteiger partial charge in [-0.2, -0.15) is 0 Å². The molecule has 0 bridgehead atoms. The van der Waals surface area contributed by atoms with Crippen LogP contribution in [0.2, 0.25) is 0 Å². The maximum Gasteiger partial charge on any atom is 0.272 e. The topological polar surface area (TPSA) is 71.0 Å². The summed E-state index contributed by atoms with van der Waals surface area (Å²) in [6, 6.07) is 15.5. The Kier molecular flexibility index (Phi) is 6.10. The Balaban J connectivity index is 1.74. The van der Waals surface area contributed by atoms with Gasteiger partial charge in [-0.15, -0.1) is 0 Å². The fourth-order valence-corrected chi connectivity index (χ4v) is 2.76. The molecule has 138 valence electrons. The Labute approximate surface area is 159 Å². The zero-order valence-electron chi connectivity index (χ0n) is 15.6. The van der Waals surface area contributed by atoms with Crippen molar-refractivity contribution in [3.8, 4) is 0 Å². The summed E-state index contributed by atoms with van der Waals surface area (Å²) in [5, 5.41) is 3.24. The second-order valence-electron chi connectivity index (χ2n) is 6.21. The quantitative estimate of drug-likeness (QED) is 0.698. The Bertz CT molecular complexity index is 884. The molecule has 0 unspecified atom stereocenters. The molecule has 0 saturated heterocycles. The molecule has 0 fully saturated rings. The summed E-state index contributed by atoms with van der Waals surface area (Å²) in [4.78, 5) is 27.6. The molecule has 6 nitrogen and oxygen atoms in total. The van der Waals surface area contributed by atoms with Gasteiger partial charge in [0.1, 0.15) is 17.3 Å². The SMILES string of the molecule is CCN(Cc1ccccc1)C(=O)c1cc(NCc2cccnc2)nc(C)n1. The van der Waals surface area contributed by atoms with Gasteiger partial charge in [0.2, 0.25) is 0 Å². The van der Waals surface area contributed by atoms with E-state index in [-0.39, 0.29) is 5.91 Å². The minimum absolute atomic E-state index is 0.101. The third kappa shape index (κ3) is 5.10. The van der Waals surface area contributed by atoms with Crippen LogP contribution in [0.5, 0.6) is 0 Å². The van der Waals surface area contributed by atoms with Gasteiger partial charge in [-0.1, -0.05) is 36.4 Å². The van der Waals surface area contributed by atoms with E-state index in [0.717, 1.165) is 11.1 Å². The molecule has 3 aromatic rings. The molecule has 0 aliphatic carbocycles. The number of carbonyl (C=O) groups is 1. The first-order valence-electron chi connectivity index (χ1n) is 8.97. The van der Waals surface area contributed by atoms with Crippen LogP contribution < -0.4 is 5.32 Å². The standard InChI is InChI=1S/C21H23N5O/c1-3-26(15-17-8-5-4-6-9-17)21(27)19-12-20(25-16(2)24-19)23-14-18-10-7-11-22-13-18/h4-13H,3,14-15H2,1-2H3,(H,23,24,25). The van der Waals surface area contributed by atoms with Crippen LogP contribution in [0.25, 0.3) is 0 Å². The lowest BCUT2D eigenvalue weighted by molar-refractivity contribution is 0.0746. The van der Waals surface area contributed by atoms with E-state index in [1.807, 2.05) is 49.4 Å². The van der Waals surface area contributed by atoms with Crippen LogP contribution in [0.1, 0.15) is 34.4 Å². The molecule has 0 radical (unpaired) electrons. The van der Waals surface area contributed by atoms with Crippen molar-refractivity contribution in [1.82, 2.24) is 19.9 Å². The van der Waals surface area contributed by atoms with Crippen molar-refractivity contribution in [2.24, 2.45) is 0 Å². The normalized spacial score (nSPS) is 10.4. The number of aryl methyl sites for hydroxylation is 1. The minimum atomic E-state index is -0.101. The second-order valence-corrected chi connectivity index (χ2v) is 6.21. The third-order valence-corrected chi connectivity index (χ3v) is 4.14. The van der Waals surface area contributed by atoms with E-state index in [2.05, 4.69) is 20.3 Å². The molecule has 0 saturated carbocycles. The zero-order valence-corrected chi connectivity index (χ0v) is 15.6. The highest BCUT2D eigenvalue weighted by Gasteiger charge is 2.17. The Morgan fingerprint density at radius 1 is 1.07 bits per heavy atom. The predicted molar refractivity (Wildman–Crippen MR) is 105 cm³/mol. The first-order chi connectivity index (χ1) is 13.2. The van der Waals surface area contributed by atoms with Gasteiger partial charge in [0, 0.05) is 38.1 Å². The number of aromatic nitrogens is 3. The molecule has 0 atom stereocenters. The zero-order chi connectivity index (χ0) is 19.1. The van der Waals surface area contributed by atoms with Gasteiger partial charge in [0.05, 0.1) is 0 Å². The van der Waals surface area contributed by atoms with E-state index in [4.69, 9.17) is 0 Å². The highest BCUT2D eigenvalue weighted by molar-refractivity contribution is 5.93. The van der Waals surface area contributed by atoms with E-state index in [1.54, 1.807) is 30.3 Å². The number of amides is 1. The molecule has 1 N–H and O–H groups in total. The van der Waals surface area contributed by atoms with Crippen LogP contribution in [0, 0.1) is 6.92 Å². The van der Waals surface area contributed by atoms with Gasteiger partial charge in [0.25, 0.3) is 5.91 Å². The van der Waals surface area contributed by atoms with E-state index in [0.29, 0.717) is 37.0 Å². The fourth-order valence-electron chi connectivity index (χ4n) is 2.76. The highest BCUT2D eigenvalue weighted by atomic mass is 16.2. The molecule has 6 heteroatoms. The number of carbonyl (C=O) groups excluding carboxylic acids is 1. The number of pyridine rings is 1. The monoisotopic (exact) mass is 361 g/mol. The average molecular weight is 361 g/mol. The summed E-state index contributed by atoms with van der Waals surface area (Å²) in [7, 11) is 0. The van der Waals surface area contributed by atoms with Crippen molar-refractivity contribution in [3.05, 3.63) is 83.6 Å². The van der Waals surface area contributed by atoms with Gasteiger partial charge in [-0.05, 0) is 31.0 Å². The summed E-state index contributed by atoms with van der Waals surface area (Å²) < 4.78 is 0. The minimum Gasteiger partial charge on any atom is -0.366 e. The molecule has 0 aliphatic rings. The van der Waals surface area contributed by atoms with Crippen LogP contribution in [0.15, 0.2) is 60.9 Å².